The van der Waals surface area contributed by atoms with Gasteiger partial charge in [0, 0.05) is 5.38 Å². The maximum absolute atomic E-state index is 11.2. The summed E-state index contributed by atoms with van der Waals surface area (Å²) in [6, 6.07) is 0. The molecule has 1 aromatic heterocycles. The average molecular weight is 200 g/mol. The minimum Gasteiger partial charge on any atom is -0.485 e. The Morgan fingerprint density at radius 1 is 1.54 bits per heavy atom. The zero-order valence-electron chi connectivity index (χ0n) is 7.03. The number of esters is 1. The van der Waals surface area contributed by atoms with Gasteiger partial charge in [0.2, 0.25) is 0 Å². The summed E-state index contributed by atoms with van der Waals surface area (Å²) in [5, 5.41) is 1.75. The van der Waals surface area contributed by atoms with E-state index in [0.717, 1.165) is 0 Å². The number of rotatable bonds is 1. The van der Waals surface area contributed by atoms with Crippen LogP contribution in [0.1, 0.15) is 9.67 Å². The number of hydrogen-bond donors (Lipinski definition) is 0. The molecule has 0 radical (unpaired) electrons. The summed E-state index contributed by atoms with van der Waals surface area (Å²) >= 11 is 1.27. The largest absolute Gasteiger partial charge is 0.485 e. The number of thiophene rings is 1. The lowest BCUT2D eigenvalue weighted by Crippen LogP contribution is -2.15. The minimum atomic E-state index is -0.378. The second-order valence-corrected chi connectivity index (χ2v) is 3.33. The van der Waals surface area contributed by atoms with E-state index >= 15 is 0 Å². The molecule has 13 heavy (non-hydrogen) atoms. The molecule has 70 valence electrons. The first-order valence-electron chi connectivity index (χ1n) is 3.78. The Hall–Kier alpha value is -1.23. The number of fused-ring (bicyclic) bond motifs is 1. The fourth-order valence-electron chi connectivity index (χ4n) is 1.10. The first-order chi connectivity index (χ1) is 6.33. The molecule has 0 atom stereocenters. The number of ether oxygens (including phenoxy) is 3. The van der Waals surface area contributed by atoms with Gasteiger partial charge in [-0.2, -0.15) is 0 Å². The van der Waals surface area contributed by atoms with E-state index in [1.54, 1.807) is 5.38 Å². The van der Waals surface area contributed by atoms with Crippen molar-refractivity contribution in [3.8, 4) is 11.5 Å². The first-order valence-corrected chi connectivity index (χ1v) is 4.66. The van der Waals surface area contributed by atoms with Crippen molar-refractivity contribution >= 4 is 17.3 Å². The van der Waals surface area contributed by atoms with Gasteiger partial charge in [0.05, 0.1) is 7.11 Å². The summed E-state index contributed by atoms with van der Waals surface area (Å²) in [4.78, 5) is 11.7. The molecule has 0 N–H and O–H groups in total. The van der Waals surface area contributed by atoms with E-state index in [1.807, 2.05) is 0 Å². The van der Waals surface area contributed by atoms with Crippen LogP contribution < -0.4 is 9.47 Å². The monoisotopic (exact) mass is 200 g/mol. The van der Waals surface area contributed by atoms with Crippen molar-refractivity contribution in [1.82, 2.24) is 0 Å². The Morgan fingerprint density at radius 2 is 2.31 bits per heavy atom. The van der Waals surface area contributed by atoms with Crippen LogP contribution in [-0.4, -0.2) is 26.3 Å². The first kappa shape index (κ1) is 8.37. The predicted molar refractivity (Wildman–Crippen MR) is 46.6 cm³/mol. The highest BCUT2D eigenvalue weighted by Crippen LogP contribution is 2.39. The normalized spacial score (nSPS) is 13.9. The Labute approximate surface area is 79.0 Å². The second-order valence-electron chi connectivity index (χ2n) is 2.45. The third-order valence-corrected chi connectivity index (χ3v) is 2.59. The van der Waals surface area contributed by atoms with Gasteiger partial charge < -0.3 is 14.2 Å². The maximum Gasteiger partial charge on any atom is 0.352 e. The van der Waals surface area contributed by atoms with Crippen molar-refractivity contribution < 1.29 is 19.0 Å². The third-order valence-electron chi connectivity index (χ3n) is 1.67. The molecule has 0 amide bonds. The Kier molecular flexibility index (Phi) is 2.10. The Morgan fingerprint density at radius 3 is 3.08 bits per heavy atom. The molecule has 0 saturated carbocycles. The molecule has 0 bridgehead atoms. The molecular weight excluding hydrogens is 192 g/mol. The second kappa shape index (κ2) is 3.26. The van der Waals surface area contributed by atoms with Gasteiger partial charge in [-0.1, -0.05) is 0 Å². The molecular formula is C8H8O4S. The summed E-state index contributed by atoms with van der Waals surface area (Å²) in [7, 11) is 1.35. The standard InChI is InChI=1S/C8H8O4S/c1-10-8(9)7-6-5(4-13-7)11-2-3-12-6/h4H,2-3H2,1H3. The summed E-state index contributed by atoms with van der Waals surface area (Å²) in [5.74, 6) is 0.775. The average Bonchev–Trinajstić information content (AvgIpc) is 2.60. The van der Waals surface area contributed by atoms with Gasteiger partial charge in [0.25, 0.3) is 0 Å². The molecule has 4 nitrogen and oxygen atoms in total. The summed E-state index contributed by atoms with van der Waals surface area (Å²) in [6.07, 6.45) is 0. The minimum absolute atomic E-state index is 0.378. The lowest BCUT2D eigenvalue weighted by Gasteiger charge is -2.15. The molecule has 1 aliphatic heterocycles. The fourth-order valence-corrected chi connectivity index (χ4v) is 1.94. The van der Waals surface area contributed by atoms with Gasteiger partial charge >= 0.3 is 5.97 Å². The molecule has 5 heteroatoms. The number of carbonyl (C=O) groups is 1. The SMILES string of the molecule is COC(=O)c1scc2c1OCCO2. The van der Waals surface area contributed by atoms with Gasteiger partial charge in [-0.05, 0) is 0 Å². The number of carbonyl (C=O) groups excluding carboxylic acids is 1. The van der Waals surface area contributed by atoms with Crippen LogP contribution >= 0.6 is 11.3 Å². The molecule has 2 rings (SSSR count). The van der Waals surface area contributed by atoms with Crippen molar-refractivity contribution in [1.29, 1.82) is 0 Å². The zero-order chi connectivity index (χ0) is 9.26. The van der Waals surface area contributed by atoms with Gasteiger partial charge in [0.15, 0.2) is 16.4 Å². The van der Waals surface area contributed by atoms with E-state index in [9.17, 15) is 4.79 Å². The van der Waals surface area contributed by atoms with Crippen LogP contribution in [-0.2, 0) is 4.74 Å². The van der Waals surface area contributed by atoms with Gasteiger partial charge in [-0.25, -0.2) is 4.79 Å². The van der Waals surface area contributed by atoms with E-state index in [0.29, 0.717) is 29.6 Å². The number of hydrogen-bond acceptors (Lipinski definition) is 5. The van der Waals surface area contributed by atoms with Crippen molar-refractivity contribution in [3.05, 3.63) is 10.3 Å². The van der Waals surface area contributed by atoms with Gasteiger partial charge in [-0.15, -0.1) is 11.3 Å². The van der Waals surface area contributed by atoms with E-state index in [4.69, 9.17) is 9.47 Å². The highest BCUT2D eigenvalue weighted by Gasteiger charge is 2.23. The lowest BCUT2D eigenvalue weighted by atomic mass is 10.4. The third kappa shape index (κ3) is 1.35. The molecule has 0 aliphatic carbocycles. The highest BCUT2D eigenvalue weighted by atomic mass is 32.1. The van der Waals surface area contributed by atoms with E-state index in [2.05, 4.69) is 4.74 Å². The topological polar surface area (TPSA) is 44.8 Å². The molecule has 1 aliphatic rings. The quantitative estimate of drug-likeness (QED) is 0.641. The Bertz CT molecular complexity index is 331. The van der Waals surface area contributed by atoms with Crippen LogP contribution in [0.4, 0.5) is 0 Å². The van der Waals surface area contributed by atoms with Gasteiger partial charge in [-0.3, -0.25) is 0 Å². The van der Waals surface area contributed by atoms with Crippen molar-refractivity contribution in [2.45, 2.75) is 0 Å². The van der Waals surface area contributed by atoms with Crippen LogP contribution in [0, 0.1) is 0 Å². The van der Waals surface area contributed by atoms with Crippen LogP contribution in [0.3, 0.4) is 0 Å². The summed E-state index contributed by atoms with van der Waals surface area (Å²) in [6.45, 7) is 1.01. The predicted octanol–water partition coefficient (Wildman–Crippen LogP) is 1.31. The van der Waals surface area contributed by atoms with E-state index in [-0.39, 0.29) is 5.97 Å². The van der Waals surface area contributed by atoms with Crippen molar-refractivity contribution in [2.24, 2.45) is 0 Å². The van der Waals surface area contributed by atoms with Crippen LogP contribution in [0.5, 0.6) is 11.5 Å². The van der Waals surface area contributed by atoms with Crippen molar-refractivity contribution in [2.75, 3.05) is 20.3 Å². The van der Waals surface area contributed by atoms with E-state index in [1.165, 1.54) is 18.4 Å². The molecule has 0 fully saturated rings. The molecule has 0 unspecified atom stereocenters. The maximum atomic E-state index is 11.2. The molecule has 0 saturated heterocycles. The fraction of sp³-hybridized carbons (Fsp3) is 0.375. The van der Waals surface area contributed by atoms with Crippen LogP contribution in [0.25, 0.3) is 0 Å². The lowest BCUT2D eigenvalue weighted by molar-refractivity contribution is 0.0597. The number of methoxy groups -OCH3 is 1. The summed E-state index contributed by atoms with van der Waals surface area (Å²) < 4.78 is 15.2. The molecule has 1 aromatic rings. The smallest absolute Gasteiger partial charge is 0.352 e. The van der Waals surface area contributed by atoms with Crippen LogP contribution in [0.2, 0.25) is 0 Å². The molecule has 0 aromatic carbocycles. The van der Waals surface area contributed by atoms with Crippen molar-refractivity contribution in [3.63, 3.8) is 0 Å². The van der Waals surface area contributed by atoms with E-state index < -0.39 is 0 Å². The summed E-state index contributed by atoms with van der Waals surface area (Å²) in [5.41, 5.74) is 0. The zero-order valence-corrected chi connectivity index (χ0v) is 7.85. The molecule has 2 heterocycles. The van der Waals surface area contributed by atoms with Crippen LogP contribution in [0.15, 0.2) is 5.38 Å². The Balaban J connectivity index is 2.36. The molecule has 0 spiro atoms. The highest BCUT2D eigenvalue weighted by molar-refractivity contribution is 7.12. The van der Waals surface area contributed by atoms with Gasteiger partial charge in [0.1, 0.15) is 13.2 Å².